The number of benzene rings is 1. The third-order valence-electron chi connectivity index (χ3n) is 3.48. The fourth-order valence-corrected chi connectivity index (χ4v) is 2.37. The molecule has 0 radical (unpaired) electrons. The van der Waals surface area contributed by atoms with E-state index in [-0.39, 0.29) is 24.1 Å². The molecule has 1 amide bonds. The molecule has 1 aromatic carbocycles. The second kappa shape index (κ2) is 5.66. The minimum absolute atomic E-state index is 0.156. The van der Waals surface area contributed by atoms with Crippen molar-refractivity contribution < 1.29 is 14.7 Å². The lowest BCUT2D eigenvalue weighted by molar-refractivity contribution is -0.121. The summed E-state index contributed by atoms with van der Waals surface area (Å²) in [6, 6.07) is 4.64. The minimum Gasteiger partial charge on any atom is -0.478 e. The molecule has 104 valence electrons. The molecule has 2 N–H and O–H groups in total. The zero-order valence-electron chi connectivity index (χ0n) is 11.2. The maximum atomic E-state index is 12.0. The number of carbonyl (C=O) groups excluding carboxylic acids is 1. The van der Waals surface area contributed by atoms with E-state index >= 15 is 0 Å². The molecule has 1 unspecified atom stereocenters. The van der Waals surface area contributed by atoms with E-state index in [9.17, 15) is 9.59 Å². The van der Waals surface area contributed by atoms with Gasteiger partial charge < -0.3 is 15.3 Å². The molecule has 5 heteroatoms. The highest BCUT2D eigenvalue weighted by Gasteiger charge is 2.28. The van der Waals surface area contributed by atoms with Crippen LogP contribution in [0.4, 0.5) is 5.69 Å². The third-order valence-corrected chi connectivity index (χ3v) is 3.48. The van der Waals surface area contributed by atoms with Crippen LogP contribution >= 0.6 is 0 Å². The number of hydrogen-bond acceptors (Lipinski definition) is 3. The Balaban J connectivity index is 2.22. The number of nitrogens with zero attached hydrogens (tertiary/aromatic N) is 1. The van der Waals surface area contributed by atoms with Gasteiger partial charge in [0, 0.05) is 12.2 Å². The Labute approximate surface area is 117 Å². The lowest BCUT2D eigenvalue weighted by Crippen LogP contribution is -2.44. The Morgan fingerprint density at radius 3 is 2.95 bits per heavy atom. The van der Waals surface area contributed by atoms with Crippen LogP contribution in [-0.2, 0) is 11.2 Å². The Morgan fingerprint density at radius 2 is 2.30 bits per heavy atom. The van der Waals surface area contributed by atoms with Crippen molar-refractivity contribution in [1.29, 1.82) is 0 Å². The molecule has 1 atom stereocenters. The number of carboxylic acids is 1. The normalized spacial score (nSPS) is 14.3. The van der Waals surface area contributed by atoms with Gasteiger partial charge in [0.05, 0.1) is 12.1 Å². The van der Waals surface area contributed by atoms with Crippen LogP contribution in [0.25, 0.3) is 0 Å². The van der Waals surface area contributed by atoms with Gasteiger partial charge in [-0.1, -0.05) is 12.0 Å². The molecular weight excluding hydrogens is 256 g/mol. The van der Waals surface area contributed by atoms with E-state index in [1.807, 2.05) is 11.0 Å². The SMILES string of the molecule is C#CCNC(=O)C(C)N1CCc2ccc(C(=O)O)cc21. The fourth-order valence-electron chi connectivity index (χ4n) is 2.37. The number of carbonyl (C=O) groups is 2. The highest BCUT2D eigenvalue weighted by atomic mass is 16.4. The van der Waals surface area contributed by atoms with E-state index in [4.69, 9.17) is 11.5 Å². The van der Waals surface area contributed by atoms with Gasteiger partial charge >= 0.3 is 5.97 Å². The Bertz CT molecular complexity index is 589. The molecular formula is C15H16N2O3. The number of hydrogen-bond donors (Lipinski definition) is 2. The Hall–Kier alpha value is -2.48. The van der Waals surface area contributed by atoms with Crippen LogP contribution in [0, 0.1) is 12.3 Å². The van der Waals surface area contributed by atoms with Gasteiger partial charge in [-0.3, -0.25) is 4.79 Å². The number of rotatable bonds is 4. The summed E-state index contributed by atoms with van der Waals surface area (Å²) >= 11 is 0. The summed E-state index contributed by atoms with van der Waals surface area (Å²) < 4.78 is 0. The van der Waals surface area contributed by atoms with Gasteiger partial charge in [-0.05, 0) is 31.0 Å². The quantitative estimate of drug-likeness (QED) is 0.799. The molecule has 0 bridgehead atoms. The monoisotopic (exact) mass is 272 g/mol. The molecule has 0 aromatic heterocycles. The van der Waals surface area contributed by atoms with Crippen LogP contribution < -0.4 is 10.2 Å². The fraction of sp³-hybridized carbons (Fsp3) is 0.333. The Kier molecular flexibility index (Phi) is 3.94. The number of amides is 1. The van der Waals surface area contributed by atoms with Crippen molar-refractivity contribution in [3.63, 3.8) is 0 Å². The first-order chi connectivity index (χ1) is 9.54. The van der Waals surface area contributed by atoms with Gasteiger partial charge in [0.2, 0.25) is 5.91 Å². The highest BCUT2D eigenvalue weighted by molar-refractivity contribution is 5.91. The number of fused-ring (bicyclic) bond motifs is 1. The summed E-state index contributed by atoms with van der Waals surface area (Å²) in [6.45, 7) is 2.68. The van der Waals surface area contributed by atoms with E-state index in [1.54, 1.807) is 19.1 Å². The second-order valence-corrected chi connectivity index (χ2v) is 4.69. The van der Waals surface area contributed by atoms with Crippen LogP contribution in [0.3, 0.4) is 0 Å². The molecule has 5 nitrogen and oxygen atoms in total. The van der Waals surface area contributed by atoms with Crippen LogP contribution in [0.15, 0.2) is 18.2 Å². The molecule has 0 spiro atoms. The molecule has 1 heterocycles. The maximum Gasteiger partial charge on any atom is 0.335 e. The molecule has 1 aliphatic heterocycles. The van der Waals surface area contributed by atoms with Gasteiger partial charge in [-0.2, -0.15) is 0 Å². The Morgan fingerprint density at radius 1 is 1.55 bits per heavy atom. The molecule has 20 heavy (non-hydrogen) atoms. The van der Waals surface area contributed by atoms with E-state index in [0.29, 0.717) is 6.54 Å². The summed E-state index contributed by atoms with van der Waals surface area (Å²) in [5.41, 5.74) is 2.10. The first-order valence-corrected chi connectivity index (χ1v) is 6.38. The van der Waals surface area contributed by atoms with Crippen LogP contribution in [0.1, 0.15) is 22.8 Å². The predicted octanol–water partition coefficient (Wildman–Crippen LogP) is 0.885. The average molecular weight is 272 g/mol. The maximum absolute atomic E-state index is 12.0. The largest absolute Gasteiger partial charge is 0.478 e. The first-order valence-electron chi connectivity index (χ1n) is 6.38. The summed E-state index contributed by atoms with van der Waals surface area (Å²) in [6.07, 6.45) is 5.92. The van der Waals surface area contributed by atoms with E-state index in [2.05, 4.69) is 11.2 Å². The van der Waals surface area contributed by atoms with Crippen molar-refractivity contribution in [3.05, 3.63) is 29.3 Å². The minimum atomic E-state index is -0.968. The lowest BCUT2D eigenvalue weighted by atomic mass is 10.1. The van der Waals surface area contributed by atoms with Crippen LogP contribution in [0.2, 0.25) is 0 Å². The van der Waals surface area contributed by atoms with Gasteiger partial charge in [0.15, 0.2) is 0 Å². The second-order valence-electron chi connectivity index (χ2n) is 4.69. The smallest absolute Gasteiger partial charge is 0.335 e. The topological polar surface area (TPSA) is 69.6 Å². The predicted molar refractivity (Wildman–Crippen MR) is 75.8 cm³/mol. The van der Waals surface area contributed by atoms with E-state index in [1.165, 1.54) is 0 Å². The number of anilines is 1. The molecule has 1 aromatic rings. The molecule has 0 saturated carbocycles. The number of terminal acetylenes is 1. The zero-order valence-corrected chi connectivity index (χ0v) is 11.2. The van der Waals surface area contributed by atoms with Gasteiger partial charge in [-0.15, -0.1) is 6.42 Å². The molecule has 0 aliphatic carbocycles. The van der Waals surface area contributed by atoms with Crippen LogP contribution in [0.5, 0.6) is 0 Å². The highest BCUT2D eigenvalue weighted by Crippen LogP contribution is 2.30. The summed E-state index contributed by atoms with van der Waals surface area (Å²) in [5, 5.41) is 11.7. The number of nitrogens with one attached hydrogen (secondary N) is 1. The van der Waals surface area contributed by atoms with Crippen molar-refractivity contribution in [2.75, 3.05) is 18.0 Å². The summed E-state index contributed by atoms with van der Waals surface area (Å²) in [4.78, 5) is 24.9. The first kappa shape index (κ1) is 13.9. The van der Waals surface area contributed by atoms with Crippen molar-refractivity contribution in [3.8, 4) is 12.3 Å². The van der Waals surface area contributed by atoms with Gasteiger partial charge in [0.1, 0.15) is 6.04 Å². The molecule has 0 saturated heterocycles. The summed E-state index contributed by atoms with van der Waals surface area (Å²) in [5.74, 6) is 1.23. The van der Waals surface area contributed by atoms with E-state index < -0.39 is 5.97 Å². The lowest BCUT2D eigenvalue weighted by Gasteiger charge is -2.26. The third kappa shape index (κ3) is 2.59. The summed E-state index contributed by atoms with van der Waals surface area (Å²) in [7, 11) is 0. The van der Waals surface area contributed by atoms with E-state index in [0.717, 1.165) is 17.7 Å². The van der Waals surface area contributed by atoms with Gasteiger partial charge in [0.25, 0.3) is 0 Å². The van der Waals surface area contributed by atoms with Crippen molar-refractivity contribution >= 4 is 17.6 Å². The zero-order chi connectivity index (χ0) is 14.7. The number of aromatic carboxylic acids is 1. The van der Waals surface area contributed by atoms with Crippen molar-refractivity contribution in [2.45, 2.75) is 19.4 Å². The van der Waals surface area contributed by atoms with Gasteiger partial charge in [-0.25, -0.2) is 4.79 Å². The standard InChI is InChI=1S/C15H16N2O3/c1-3-7-16-14(18)10(2)17-8-6-11-4-5-12(15(19)20)9-13(11)17/h1,4-5,9-10H,6-8H2,2H3,(H,16,18)(H,19,20). The number of carboxylic acid groups (broad SMARTS) is 1. The van der Waals surface area contributed by atoms with Crippen LogP contribution in [-0.4, -0.2) is 36.1 Å². The van der Waals surface area contributed by atoms with Crippen molar-refractivity contribution in [2.24, 2.45) is 0 Å². The molecule has 2 rings (SSSR count). The average Bonchev–Trinajstić information content (AvgIpc) is 2.86. The molecule has 1 aliphatic rings. The molecule has 0 fully saturated rings. The van der Waals surface area contributed by atoms with Crippen molar-refractivity contribution in [1.82, 2.24) is 5.32 Å².